The van der Waals surface area contributed by atoms with Crippen LogP contribution in [-0.2, 0) is 0 Å². The number of nitrogen functional groups attached to an aromatic ring is 1. The Kier molecular flexibility index (Phi) is 5.39. The molecule has 0 radical (unpaired) electrons. The van der Waals surface area contributed by atoms with E-state index in [0.29, 0.717) is 10.8 Å². The maximum Gasteiger partial charge on any atom is 0.219 e. The molecular weight excluding hydrogens is 250 g/mol. The Morgan fingerprint density at radius 3 is 2.28 bits per heavy atom. The van der Waals surface area contributed by atoms with Crippen LogP contribution in [-0.4, -0.2) is 17.1 Å². The van der Waals surface area contributed by atoms with Crippen LogP contribution in [0.3, 0.4) is 0 Å². The van der Waals surface area contributed by atoms with Crippen molar-refractivity contribution in [2.75, 3.05) is 12.8 Å². The molecule has 0 unspecified atom stereocenters. The maximum atomic E-state index is 5.93. The molecule has 0 aliphatic carbocycles. The van der Waals surface area contributed by atoms with Gasteiger partial charge in [0.1, 0.15) is 5.75 Å². The zero-order valence-electron chi connectivity index (χ0n) is 10.6. The molecule has 0 spiro atoms. The predicted molar refractivity (Wildman–Crippen MR) is 74.8 cm³/mol. The van der Waals surface area contributed by atoms with Crippen molar-refractivity contribution in [3.8, 4) is 16.9 Å². The van der Waals surface area contributed by atoms with Gasteiger partial charge in [0.25, 0.3) is 0 Å². The molecule has 0 atom stereocenters. The fourth-order valence-electron chi connectivity index (χ4n) is 1.33. The molecular formula is C13H16ClN3O. The summed E-state index contributed by atoms with van der Waals surface area (Å²) in [4.78, 5) is 7.85. The number of hydrogen-bond acceptors (Lipinski definition) is 4. The van der Waals surface area contributed by atoms with E-state index < -0.39 is 0 Å². The Bertz CT molecular complexity index is 500. The van der Waals surface area contributed by atoms with Gasteiger partial charge in [-0.25, -0.2) is 9.97 Å². The quantitative estimate of drug-likeness (QED) is 0.904. The smallest absolute Gasteiger partial charge is 0.219 e. The number of hydrogen-bond donors (Lipinski definition) is 1. The number of benzene rings is 1. The van der Waals surface area contributed by atoms with Crippen LogP contribution in [0, 0.1) is 0 Å². The molecule has 0 aliphatic rings. The van der Waals surface area contributed by atoms with Crippen LogP contribution in [0.4, 0.5) is 5.95 Å². The van der Waals surface area contributed by atoms with E-state index in [2.05, 4.69) is 9.97 Å². The minimum Gasteiger partial charge on any atom is -0.495 e. The summed E-state index contributed by atoms with van der Waals surface area (Å²) in [5, 5.41) is 0.572. The van der Waals surface area contributed by atoms with Gasteiger partial charge in [-0.2, -0.15) is 0 Å². The highest BCUT2D eigenvalue weighted by Gasteiger charge is 2.04. The topological polar surface area (TPSA) is 61.0 Å². The number of nitrogens with zero attached hydrogens (tertiary/aromatic N) is 2. The van der Waals surface area contributed by atoms with E-state index in [4.69, 9.17) is 22.1 Å². The lowest BCUT2D eigenvalue weighted by Gasteiger charge is -2.06. The number of nitrogens with two attached hydrogens (primary N) is 1. The molecule has 0 saturated heterocycles. The first kappa shape index (κ1) is 14.3. The molecule has 18 heavy (non-hydrogen) atoms. The summed E-state index contributed by atoms with van der Waals surface area (Å²) in [7, 11) is 1.57. The second kappa shape index (κ2) is 6.81. The van der Waals surface area contributed by atoms with Crippen molar-refractivity contribution in [2.45, 2.75) is 13.8 Å². The van der Waals surface area contributed by atoms with Gasteiger partial charge < -0.3 is 10.5 Å². The van der Waals surface area contributed by atoms with Gasteiger partial charge in [-0.3, -0.25) is 0 Å². The minimum absolute atomic E-state index is 0.254. The SMILES string of the molecule is CC.COc1cc(-c2cnc(N)nc2)ccc1Cl. The Morgan fingerprint density at radius 1 is 1.11 bits per heavy atom. The molecule has 5 heteroatoms. The maximum absolute atomic E-state index is 5.93. The van der Waals surface area contributed by atoms with Crippen molar-refractivity contribution in [2.24, 2.45) is 0 Å². The van der Waals surface area contributed by atoms with Crippen LogP contribution in [0.25, 0.3) is 11.1 Å². The van der Waals surface area contributed by atoms with E-state index in [1.807, 2.05) is 26.0 Å². The summed E-state index contributed by atoms with van der Waals surface area (Å²) in [6, 6.07) is 5.48. The Balaban J connectivity index is 0.000000771. The highest BCUT2D eigenvalue weighted by atomic mass is 35.5. The summed E-state index contributed by atoms with van der Waals surface area (Å²) >= 11 is 5.93. The van der Waals surface area contributed by atoms with Gasteiger partial charge in [-0.1, -0.05) is 31.5 Å². The molecule has 4 nitrogen and oxygen atoms in total. The number of aromatic nitrogens is 2. The molecule has 2 aromatic rings. The van der Waals surface area contributed by atoms with E-state index >= 15 is 0 Å². The minimum atomic E-state index is 0.254. The lowest BCUT2D eigenvalue weighted by molar-refractivity contribution is 0.415. The molecule has 0 saturated carbocycles. The molecule has 2 N–H and O–H groups in total. The third kappa shape index (κ3) is 3.34. The van der Waals surface area contributed by atoms with Crippen molar-refractivity contribution >= 4 is 17.5 Å². The standard InChI is InChI=1S/C11H10ClN3O.C2H6/c1-16-10-4-7(2-3-9(10)12)8-5-14-11(13)15-6-8;1-2/h2-6H,1H3,(H2,13,14,15);1-2H3. The summed E-state index contributed by atoms with van der Waals surface area (Å²) in [5.74, 6) is 0.876. The van der Waals surface area contributed by atoms with Crippen LogP contribution < -0.4 is 10.5 Å². The Labute approximate surface area is 112 Å². The van der Waals surface area contributed by atoms with Crippen LogP contribution in [0.1, 0.15) is 13.8 Å². The average molecular weight is 266 g/mol. The normalized spacial score (nSPS) is 9.33. The highest BCUT2D eigenvalue weighted by molar-refractivity contribution is 6.32. The predicted octanol–water partition coefficient (Wildman–Crippen LogP) is 3.41. The van der Waals surface area contributed by atoms with Gasteiger partial charge in [0.05, 0.1) is 12.1 Å². The molecule has 1 heterocycles. The van der Waals surface area contributed by atoms with E-state index in [1.165, 1.54) is 0 Å². The number of rotatable bonds is 2. The summed E-state index contributed by atoms with van der Waals surface area (Å²) < 4.78 is 5.13. The first-order chi connectivity index (χ1) is 8.70. The van der Waals surface area contributed by atoms with E-state index in [1.54, 1.807) is 25.6 Å². The van der Waals surface area contributed by atoms with Crippen molar-refractivity contribution in [1.29, 1.82) is 0 Å². The lowest BCUT2D eigenvalue weighted by atomic mass is 10.1. The summed E-state index contributed by atoms with van der Waals surface area (Å²) in [6.07, 6.45) is 3.32. The second-order valence-corrected chi connectivity index (χ2v) is 3.59. The van der Waals surface area contributed by atoms with E-state index in [0.717, 1.165) is 11.1 Å². The zero-order valence-corrected chi connectivity index (χ0v) is 11.4. The van der Waals surface area contributed by atoms with Crippen molar-refractivity contribution in [1.82, 2.24) is 9.97 Å². The highest BCUT2D eigenvalue weighted by Crippen LogP contribution is 2.29. The number of anilines is 1. The van der Waals surface area contributed by atoms with Gasteiger partial charge >= 0.3 is 0 Å². The zero-order chi connectivity index (χ0) is 13.5. The van der Waals surface area contributed by atoms with Crippen molar-refractivity contribution < 1.29 is 4.74 Å². The molecule has 2 rings (SSSR count). The van der Waals surface area contributed by atoms with E-state index in [-0.39, 0.29) is 5.95 Å². The van der Waals surface area contributed by atoms with Crippen LogP contribution in [0.5, 0.6) is 5.75 Å². The van der Waals surface area contributed by atoms with Gasteiger partial charge in [0.2, 0.25) is 5.95 Å². The largest absolute Gasteiger partial charge is 0.495 e. The van der Waals surface area contributed by atoms with Gasteiger partial charge in [-0.15, -0.1) is 0 Å². The van der Waals surface area contributed by atoms with E-state index in [9.17, 15) is 0 Å². The molecule has 0 fully saturated rings. The fraction of sp³-hybridized carbons (Fsp3) is 0.231. The van der Waals surface area contributed by atoms with Crippen molar-refractivity contribution in [3.63, 3.8) is 0 Å². The van der Waals surface area contributed by atoms with Gasteiger partial charge in [0.15, 0.2) is 0 Å². The van der Waals surface area contributed by atoms with Crippen molar-refractivity contribution in [3.05, 3.63) is 35.6 Å². The van der Waals surface area contributed by atoms with Crippen LogP contribution in [0.2, 0.25) is 5.02 Å². The fourth-order valence-corrected chi connectivity index (χ4v) is 1.52. The first-order valence-electron chi connectivity index (χ1n) is 5.62. The van der Waals surface area contributed by atoms with Gasteiger partial charge in [-0.05, 0) is 17.7 Å². The first-order valence-corrected chi connectivity index (χ1v) is 6.00. The summed E-state index contributed by atoms with van der Waals surface area (Å²) in [6.45, 7) is 4.00. The Hall–Kier alpha value is -1.81. The number of halogens is 1. The molecule has 1 aromatic heterocycles. The second-order valence-electron chi connectivity index (χ2n) is 3.18. The lowest BCUT2D eigenvalue weighted by Crippen LogP contribution is -1.93. The average Bonchev–Trinajstić information content (AvgIpc) is 2.43. The Morgan fingerprint density at radius 2 is 1.72 bits per heavy atom. The third-order valence-electron chi connectivity index (χ3n) is 2.16. The number of ether oxygens (including phenoxy) is 1. The van der Waals surface area contributed by atoms with Gasteiger partial charge in [0, 0.05) is 18.0 Å². The molecule has 96 valence electrons. The molecule has 0 bridgehead atoms. The molecule has 1 aromatic carbocycles. The number of methoxy groups -OCH3 is 1. The molecule has 0 aliphatic heterocycles. The monoisotopic (exact) mass is 265 g/mol. The van der Waals surface area contributed by atoms with Crippen LogP contribution in [0.15, 0.2) is 30.6 Å². The third-order valence-corrected chi connectivity index (χ3v) is 2.47. The van der Waals surface area contributed by atoms with Crippen LogP contribution >= 0.6 is 11.6 Å². The molecule has 0 amide bonds. The summed E-state index contributed by atoms with van der Waals surface area (Å²) in [5.41, 5.74) is 7.21.